The van der Waals surface area contributed by atoms with Crippen molar-refractivity contribution in [1.82, 2.24) is 10.3 Å². The molecule has 156 valence electrons. The second kappa shape index (κ2) is 7.59. The molecule has 1 saturated carbocycles. The van der Waals surface area contributed by atoms with Crippen LogP contribution in [-0.2, 0) is 11.2 Å². The van der Waals surface area contributed by atoms with Gasteiger partial charge in [0.15, 0.2) is 0 Å². The zero-order chi connectivity index (χ0) is 20.7. The summed E-state index contributed by atoms with van der Waals surface area (Å²) in [6.07, 6.45) is 4.67. The fourth-order valence-electron chi connectivity index (χ4n) is 4.67. The van der Waals surface area contributed by atoms with Crippen LogP contribution >= 0.6 is 0 Å². The van der Waals surface area contributed by atoms with Crippen LogP contribution in [0.1, 0.15) is 18.4 Å². The Morgan fingerprint density at radius 2 is 2.10 bits per heavy atom. The molecule has 2 fully saturated rings. The average molecular weight is 407 g/mol. The summed E-state index contributed by atoms with van der Waals surface area (Å²) in [5.74, 6) is 1.34. The molecule has 3 aliphatic rings. The van der Waals surface area contributed by atoms with Crippen LogP contribution in [-0.4, -0.2) is 48.0 Å². The Kier molecular flexibility index (Phi) is 4.77. The molecule has 0 radical (unpaired) electrons. The molecule has 0 bridgehead atoms. The van der Waals surface area contributed by atoms with Gasteiger partial charge in [0.1, 0.15) is 5.82 Å². The van der Waals surface area contributed by atoms with Gasteiger partial charge in [-0.05, 0) is 48.9 Å². The molecular formula is C22H25N5O3. The minimum Gasteiger partial charge on any atom is -0.364 e. The van der Waals surface area contributed by atoms with Crippen LogP contribution in [0.25, 0.3) is 0 Å². The van der Waals surface area contributed by atoms with E-state index in [1.807, 2.05) is 24.3 Å². The number of nitro groups is 1. The molecule has 8 heteroatoms. The van der Waals surface area contributed by atoms with Crippen molar-refractivity contribution in [2.75, 3.05) is 36.0 Å². The Hall–Kier alpha value is -3.16. The van der Waals surface area contributed by atoms with E-state index in [-0.39, 0.29) is 28.5 Å². The van der Waals surface area contributed by atoms with Gasteiger partial charge in [0.05, 0.1) is 16.9 Å². The Morgan fingerprint density at radius 1 is 1.23 bits per heavy atom. The van der Waals surface area contributed by atoms with Crippen LogP contribution in [0.15, 0.2) is 42.6 Å². The lowest BCUT2D eigenvalue weighted by atomic mass is 9.83. The van der Waals surface area contributed by atoms with E-state index in [4.69, 9.17) is 0 Å². The van der Waals surface area contributed by atoms with Gasteiger partial charge in [0.2, 0.25) is 5.91 Å². The van der Waals surface area contributed by atoms with Gasteiger partial charge in [-0.3, -0.25) is 14.9 Å². The molecule has 1 N–H and O–H groups in total. The molecule has 1 aliphatic carbocycles. The van der Waals surface area contributed by atoms with E-state index >= 15 is 0 Å². The fraction of sp³-hybridized carbons (Fsp3) is 0.455. The second-order valence-corrected chi connectivity index (χ2v) is 8.46. The lowest BCUT2D eigenvalue weighted by Crippen LogP contribution is -2.61. The first-order chi connectivity index (χ1) is 14.6. The van der Waals surface area contributed by atoms with Crippen LogP contribution in [0, 0.1) is 22.0 Å². The van der Waals surface area contributed by atoms with Gasteiger partial charge >= 0.3 is 0 Å². The Labute approximate surface area is 175 Å². The first-order valence-corrected chi connectivity index (χ1v) is 10.6. The van der Waals surface area contributed by atoms with E-state index in [2.05, 4.69) is 20.1 Å². The quantitative estimate of drug-likeness (QED) is 0.604. The number of fused-ring (bicyclic) bond motifs is 3. The molecule has 2 unspecified atom stereocenters. The Balaban J connectivity index is 1.45. The normalized spacial score (nSPS) is 22.8. The van der Waals surface area contributed by atoms with Crippen molar-refractivity contribution >= 4 is 23.1 Å². The number of non-ortho nitro benzene ring substituents is 1. The molecule has 2 aliphatic heterocycles. The highest BCUT2D eigenvalue weighted by molar-refractivity contribution is 5.82. The molecule has 1 amide bonds. The van der Waals surface area contributed by atoms with Gasteiger partial charge < -0.3 is 15.1 Å². The number of aromatic nitrogens is 1. The summed E-state index contributed by atoms with van der Waals surface area (Å²) in [7, 11) is 0. The third-order valence-corrected chi connectivity index (χ3v) is 6.48. The number of anilines is 2. The summed E-state index contributed by atoms with van der Waals surface area (Å²) in [5.41, 5.74) is 1.98. The number of nitro benzene ring substituents is 1. The SMILES string of the molecule is O=C(NCC1CC1)C1Cc2cc([N+](=O)[O-])ccc2N2CCN(c3ccccn3)CC12. The number of hydrogen-bond acceptors (Lipinski definition) is 6. The minimum atomic E-state index is -0.368. The molecule has 0 spiro atoms. The number of nitrogens with one attached hydrogen (secondary N) is 1. The first kappa shape index (κ1) is 18.8. The largest absolute Gasteiger partial charge is 0.364 e. The van der Waals surface area contributed by atoms with Crippen molar-refractivity contribution in [1.29, 1.82) is 0 Å². The topological polar surface area (TPSA) is 91.6 Å². The fourth-order valence-corrected chi connectivity index (χ4v) is 4.67. The van der Waals surface area contributed by atoms with Crippen LogP contribution in [0.2, 0.25) is 0 Å². The van der Waals surface area contributed by atoms with Crippen molar-refractivity contribution < 1.29 is 9.72 Å². The summed E-state index contributed by atoms with van der Waals surface area (Å²) < 4.78 is 0. The highest BCUT2D eigenvalue weighted by Crippen LogP contribution is 2.38. The van der Waals surface area contributed by atoms with Crippen LogP contribution < -0.4 is 15.1 Å². The number of amides is 1. The first-order valence-electron chi connectivity index (χ1n) is 10.6. The van der Waals surface area contributed by atoms with Gasteiger partial charge in [0.25, 0.3) is 5.69 Å². The van der Waals surface area contributed by atoms with E-state index in [9.17, 15) is 14.9 Å². The predicted octanol–water partition coefficient (Wildman–Crippen LogP) is 2.38. The zero-order valence-corrected chi connectivity index (χ0v) is 16.7. The highest BCUT2D eigenvalue weighted by atomic mass is 16.6. The summed E-state index contributed by atoms with van der Waals surface area (Å²) in [5, 5.41) is 14.4. The van der Waals surface area contributed by atoms with Crippen LogP contribution in [0.3, 0.4) is 0 Å². The molecule has 3 heterocycles. The Bertz CT molecular complexity index is 963. The third-order valence-electron chi connectivity index (χ3n) is 6.48. The number of carbonyl (C=O) groups is 1. The van der Waals surface area contributed by atoms with Gasteiger partial charge in [-0.15, -0.1) is 0 Å². The summed E-state index contributed by atoms with van der Waals surface area (Å²) in [6.45, 7) is 2.97. The number of pyridine rings is 1. The van der Waals surface area contributed by atoms with Gasteiger partial charge in [-0.25, -0.2) is 4.98 Å². The zero-order valence-electron chi connectivity index (χ0n) is 16.7. The summed E-state index contributed by atoms with van der Waals surface area (Å²) in [4.78, 5) is 33.0. The average Bonchev–Trinajstić information content (AvgIpc) is 3.61. The smallest absolute Gasteiger partial charge is 0.269 e. The van der Waals surface area contributed by atoms with E-state index in [0.717, 1.165) is 36.7 Å². The van der Waals surface area contributed by atoms with E-state index in [1.54, 1.807) is 18.3 Å². The number of carbonyl (C=O) groups excluding carboxylic acids is 1. The maximum atomic E-state index is 13.2. The summed E-state index contributed by atoms with van der Waals surface area (Å²) >= 11 is 0. The van der Waals surface area contributed by atoms with Gasteiger partial charge in [0, 0.05) is 50.2 Å². The third kappa shape index (κ3) is 3.58. The van der Waals surface area contributed by atoms with Crippen molar-refractivity contribution in [3.8, 4) is 0 Å². The van der Waals surface area contributed by atoms with E-state index < -0.39 is 0 Å². The molecule has 1 saturated heterocycles. The molecule has 2 aromatic rings. The van der Waals surface area contributed by atoms with Gasteiger partial charge in [-0.2, -0.15) is 0 Å². The maximum Gasteiger partial charge on any atom is 0.269 e. The highest BCUT2D eigenvalue weighted by Gasteiger charge is 2.42. The number of piperazine rings is 1. The number of hydrogen-bond donors (Lipinski definition) is 1. The second-order valence-electron chi connectivity index (χ2n) is 8.46. The number of benzene rings is 1. The molecule has 1 aromatic heterocycles. The molecule has 1 aromatic carbocycles. The van der Waals surface area contributed by atoms with Crippen LogP contribution in [0.5, 0.6) is 0 Å². The van der Waals surface area contributed by atoms with Crippen LogP contribution in [0.4, 0.5) is 17.2 Å². The standard InChI is InChI=1S/C22H25N5O3/c28-22(24-13-15-4-5-15)18-12-16-11-17(27(29)30)6-7-19(16)26-10-9-25(14-20(18)26)21-3-1-2-8-23-21/h1-3,6-8,11,15,18,20H,4-5,9-10,12-14H2,(H,24,28). The number of rotatable bonds is 5. The molecule has 8 nitrogen and oxygen atoms in total. The van der Waals surface area contributed by atoms with Crippen molar-refractivity contribution in [3.63, 3.8) is 0 Å². The monoisotopic (exact) mass is 407 g/mol. The number of nitrogens with zero attached hydrogens (tertiary/aromatic N) is 4. The Morgan fingerprint density at radius 3 is 2.83 bits per heavy atom. The van der Waals surface area contributed by atoms with Crippen molar-refractivity contribution in [2.24, 2.45) is 11.8 Å². The van der Waals surface area contributed by atoms with Gasteiger partial charge in [-0.1, -0.05) is 6.07 Å². The molecule has 30 heavy (non-hydrogen) atoms. The molecule has 5 rings (SSSR count). The predicted molar refractivity (Wildman–Crippen MR) is 114 cm³/mol. The van der Waals surface area contributed by atoms with Crippen molar-refractivity contribution in [3.05, 3.63) is 58.3 Å². The maximum absolute atomic E-state index is 13.2. The van der Waals surface area contributed by atoms with Crippen molar-refractivity contribution in [2.45, 2.75) is 25.3 Å². The molecule has 2 atom stereocenters. The van der Waals surface area contributed by atoms with E-state index in [1.165, 1.54) is 12.8 Å². The van der Waals surface area contributed by atoms with E-state index in [0.29, 0.717) is 18.9 Å². The lowest BCUT2D eigenvalue weighted by molar-refractivity contribution is -0.384. The summed E-state index contributed by atoms with van der Waals surface area (Å²) in [6, 6.07) is 10.9. The lowest BCUT2D eigenvalue weighted by Gasteiger charge is -2.49. The minimum absolute atomic E-state index is 0.00825. The molecular weight excluding hydrogens is 382 g/mol.